The van der Waals surface area contributed by atoms with Gasteiger partial charge in [0.05, 0.1) is 22.8 Å². The first-order valence-corrected chi connectivity index (χ1v) is 34.7. The number of terminal acetylenes is 1. The topological polar surface area (TPSA) is 110 Å². The van der Waals surface area contributed by atoms with Crippen molar-refractivity contribution in [2.75, 3.05) is 12.5 Å². The molecule has 12 aromatic rings. The Hall–Kier alpha value is -10.3. The molecule has 0 saturated carbocycles. The van der Waals surface area contributed by atoms with Crippen molar-refractivity contribution in [3.8, 4) is 90.9 Å². The molecule has 0 fully saturated rings. The summed E-state index contributed by atoms with van der Waals surface area (Å²) in [4.78, 5) is 42.6. The Morgan fingerprint density at radius 3 is 1.07 bits per heavy atom. The maximum absolute atomic E-state index is 5.82. The molecular formula is C87H62MgN8S2Zn+2. The molecule has 2 N–H and O–H groups in total. The first-order valence-electron chi connectivity index (χ1n) is 32.2. The zero-order valence-electron chi connectivity index (χ0n) is 55.9. The Balaban J connectivity index is 0.00000418. The van der Waals surface area contributed by atoms with Crippen molar-refractivity contribution in [1.29, 1.82) is 0 Å². The number of nitrogens with one attached hydrogen (secondary N) is 2. The van der Waals surface area contributed by atoms with Crippen molar-refractivity contribution in [3.05, 3.63) is 272 Å². The quantitative estimate of drug-likeness (QED) is 0.0840. The fourth-order valence-corrected chi connectivity index (χ4v) is 14.6. The van der Waals surface area contributed by atoms with Crippen molar-refractivity contribution in [2.45, 2.75) is 44.4 Å². The van der Waals surface area contributed by atoms with Gasteiger partial charge in [-0.2, -0.15) is 0 Å². The van der Waals surface area contributed by atoms with Crippen LogP contribution in [0.2, 0.25) is 0 Å². The summed E-state index contributed by atoms with van der Waals surface area (Å²) in [6.45, 7) is 10.7. The van der Waals surface area contributed by atoms with E-state index >= 15 is 0 Å². The van der Waals surface area contributed by atoms with Gasteiger partial charge in [0.25, 0.3) is 0 Å². The molecule has 10 heterocycles. The molecule has 4 aliphatic rings. The van der Waals surface area contributed by atoms with Crippen LogP contribution in [0.3, 0.4) is 0 Å². The number of aromatic amines is 2. The van der Waals surface area contributed by atoms with Crippen LogP contribution in [-0.4, -0.2) is 45.5 Å². The van der Waals surface area contributed by atoms with Gasteiger partial charge in [0.1, 0.15) is 0 Å². The van der Waals surface area contributed by atoms with Crippen LogP contribution in [0.1, 0.15) is 90.1 Å². The SMILES string of the molecule is C#Cc1ccc(-c2c3[nH+]c(c(C)c4ccc([n-]4)c(-c4ccc(C#Cc5ccc(-c6c7nc(c(C)c8ccc([n-]8)c(-c8c(C)cc(C)cc8C)c8nc(c(-c9ccc(SC)cc9)c9ccc6[n-]9)C=C8)C=C7)cc5)cc4)c4[nH+]c(c(-c5ccc(SC)cc5)c5ccc2[n-]5)C=C4)C=C3)cc1.[Mg+2].[Zn+2]. The van der Waals surface area contributed by atoms with E-state index in [9.17, 15) is 0 Å². The molecule has 6 aromatic carbocycles. The molecule has 0 unspecified atom stereocenters. The van der Waals surface area contributed by atoms with Crippen LogP contribution in [0.4, 0.5) is 0 Å². The van der Waals surface area contributed by atoms with Crippen LogP contribution in [0, 0.1) is 58.8 Å². The average molecular weight is 1370 g/mol. The van der Waals surface area contributed by atoms with Crippen LogP contribution in [0.15, 0.2) is 192 Å². The largest absolute Gasteiger partial charge is 2.00 e. The first kappa shape index (κ1) is 66.0. The molecule has 0 amide bonds. The summed E-state index contributed by atoms with van der Waals surface area (Å²) >= 11 is 3.44. The summed E-state index contributed by atoms with van der Waals surface area (Å²) in [5.74, 6) is 9.74. The minimum atomic E-state index is 0. The predicted molar refractivity (Wildman–Crippen MR) is 411 cm³/mol. The van der Waals surface area contributed by atoms with Crippen molar-refractivity contribution in [1.82, 2.24) is 29.9 Å². The molecular weight excluding hydrogens is 1310 g/mol. The standard InChI is InChI=1S/C87H60N8S2.Mg.Zn/c1-9-55-12-18-58(19-13-55)82-69-36-32-65(88-69)53(5)66-33-37-70(89-66)83(73-41-44-76(93-73)85(75-43-40-72(82)92-75)61-24-28-63(96-7)29-25-61)59-20-14-56(15-21-59)10-11-57-16-22-60(23-17-57)84-71-38-34-67(90-71)54(6)68-35-39-79(91-68)87(81-51(3)48-50(2)49-52(81)4)80-47-46-78(95-80)86(77-45-42-74(84)94-77)62-26-30-64(97-8)31-27-62;;/h1,12-49H,2-8H3;;/q-4;2*+2/p+2. The molecule has 0 atom stereocenters. The molecule has 99 heavy (non-hydrogen) atoms. The average Bonchev–Trinajstić information content (AvgIpc) is 1.64. The van der Waals surface area contributed by atoms with Gasteiger partial charge < -0.3 is 19.9 Å². The summed E-state index contributed by atoms with van der Waals surface area (Å²) in [6, 6.07) is 63.9. The van der Waals surface area contributed by atoms with Crippen molar-refractivity contribution >= 4 is 139 Å². The maximum atomic E-state index is 5.82. The third-order valence-electron chi connectivity index (χ3n) is 18.6. The van der Waals surface area contributed by atoms with E-state index in [4.69, 9.17) is 36.3 Å². The number of aryl methyl sites for hydroxylation is 5. The van der Waals surface area contributed by atoms with E-state index in [1.807, 2.05) is 12.1 Å². The van der Waals surface area contributed by atoms with Crippen molar-refractivity contribution < 1.29 is 29.4 Å². The molecule has 4 aliphatic heterocycles. The van der Waals surface area contributed by atoms with Gasteiger partial charge in [-0.3, -0.25) is 0 Å². The summed E-state index contributed by atoms with van der Waals surface area (Å²) in [5.41, 5.74) is 34.1. The Bertz CT molecular complexity index is 5860. The predicted octanol–water partition coefficient (Wildman–Crippen LogP) is 19.0. The number of aromatic nitrogens is 8. The normalized spacial score (nSPS) is 11.9. The second kappa shape index (κ2) is 27.6. The van der Waals surface area contributed by atoms with Crippen LogP contribution in [0.5, 0.6) is 0 Å². The Morgan fingerprint density at radius 2 is 0.646 bits per heavy atom. The molecule has 0 spiro atoms. The number of hydrogen-bond donors (Lipinski definition) is 0. The van der Waals surface area contributed by atoms with Gasteiger partial charge in [0.2, 0.25) is 22.8 Å². The van der Waals surface area contributed by atoms with Crippen molar-refractivity contribution in [3.63, 3.8) is 0 Å². The van der Waals surface area contributed by atoms with Gasteiger partial charge in [0.15, 0.2) is 0 Å². The van der Waals surface area contributed by atoms with E-state index in [1.165, 1.54) is 26.5 Å². The third kappa shape index (κ3) is 12.5. The van der Waals surface area contributed by atoms with Crippen LogP contribution < -0.4 is 29.9 Å². The fourth-order valence-electron chi connectivity index (χ4n) is 13.7. The summed E-state index contributed by atoms with van der Waals surface area (Å²) < 4.78 is 0. The van der Waals surface area contributed by atoms with Crippen LogP contribution in [-0.2, 0) is 19.5 Å². The fraction of sp³-hybridized carbons (Fsp3) is 0.0805. The molecule has 16 rings (SSSR count). The molecule has 6 aromatic heterocycles. The smallest absolute Gasteiger partial charge is 0.657 e. The minimum absolute atomic E-state index is 0. The Kier molecular flexibility index (Phi) is 18.4. The van der Waals surface area contributed by atoms with Gasteiger partial charge in [-0.05, 0) is 199 Å². The van der Waals surface area contributed by atoms with Gasteiger partial charge in [-0.15, -0.1) is 74.1 Å². The molecule has 464 valence electrons. The second-order valence-electron chi connectivity index (χ2n) is 24.7. The molecule has 12 heteroatoms. The molecule has 0 aliphatic carbocycles. The zero-order chi connectivity index (χ0) is 66.0. The van der Waals surface area contributed by atoms with Gasteiger partial charge in [-0.25, -0.2) is 19.9 Å². The number of thioether (sulfide) groups is 2. The number of nitrogens with zero attached hydrogens (tertiary/aromatic N) is 6. The number of rotatable bonds is 8. The van der Waals surface area contributed by atoms with Crippen LogP contribution in [0.25, 0.3) is 160 Å². The third-order valence-corrected chi connectivity index (χ3v) is 20.1. The number of hydrogen-bond acceptors (Lipinski definition) is 4. The summed E-state index contributed by atoms with van der Waals surface area (Å²) in [5, 5.41) is 0. The van der Waals surface area contributed by atoms with E-state index in [2.05, 4.69) is 293 Å². The maximum Gasteiger partial charge on any atom is 2.00 e. The molecule has 0 saturated heterocycles. The molecule has 0 radical (unpaired) electrons. The van der Waals surface area contributed by atoms with E-state index < -0.39 is 0 Å². The molecule has 8 nitrogen and oxygen atoms in total. The van der Waals surface area contributed by atoms with Gasteiger partial charge in [-0.1, -0.05) is 145 Å². The van der Waals surface area contributed by atoms with Crippen LogP contribution >= 0.6 is 23.5 Å². The number of fused-ring (bicyclic) bond motifs is 16. The zero-order valence-corrected chi connectivity index (χ0v) is 61.9. The van der Waals surface area contributed by atoms with E-state index in [0.717, 1.165) is 184 Å². The Labute approximate surface area is 613 Å². The van der Waals surface area contributed by atoms with E-state index in [1.54, 1.807) is 23.5 Å². The first-order chi connectivity index (χ1) is 47.4. The summed E-state index contributed by atoms with van der Waals surface area (Å²) in [7, 11) is 0. The van der Waals surface area contributed by atoms with Gasteiger partial charge in [0, 0.05) is 73.0 Å². The summed E-state index contributed by atoms with van der Waals surface area (Å²) in [6.07, 6.45) is 27.1. The van der Waals surface area contributed by atoms with E-state index in [0.29, 0.717) is 0 Å². The Morgan fingerprint density at radius 1 is 0.333 bits per heavy atom. The van der Waals surface area contributed by atoms with Gasteiger partial charge >= 0.3 is 42.5 Å². The van der Waals surface area contributed by atoms with Crippen molar-refractivity contribution in [2.24, 2.45) is 0 Å². The minimum Gasteiger partial charge on any atom is -0.657 e. The number of benzene rings is 6. The second-order valence-corrected chi connectivity index (χ2v) is 26.5. The van der Waals surface area contributed by atoms with E-state index in [-0.39, 0.29) is 42.5 Å². The monoisotopic (exact) mass is 1370 g/mol. The molecule has 16 bridgehead atoms. The number of H-pyrrole nitrogens is 2.